The van der Waals surface area contributed by atoms with Crippen LogP contribution in [0.25, 0.3) is 0 Å². The van der Waals surface area contributed by atoms with Gasteiger partial charge in [-0.25, -0.2) is 0 Å². The molecule has 2 saturated heterocycles. The first kappa shape index (κ1) is 14.1. The van der Waals surface area contributed by atoms with E-state index in [0.717, 1.165) is 51.5 Å². The number of hydrogen-bond acceptors (Lipinski definition) is 4. The summed E-state index contributed by atoms with van der Waals surface area (Å²) in [6, 6.07) is 5.88. The molecule has 3 rings (SSSR count). The average Bonchev–Trinajstić information content (AvgIpc) is 2.92. The molecule has 0 bridgehead atoms. The van der Waals surface area contributed by atoms with Crippen molar-refractivity contribution in [2.45, 2.75) is 19.0 Å². The predicted molar refractivity (Wildman–Crippen MR) is 79.2 cm³/mol. The maximum absolute atomic E-state index is 9.90. The van der Waals surface area contributed by atoms with Crippen LogP contribution in [0.15, 0.2) is 18.2 Å². The summed E-state index contributed by atoms with van der Waals surface area (Å²) in [7, 11) is 0. The molecule has 2 aliphatic rings. The molecule has 0 aromatic heterocycles. The molecule has 2 heterocycles. The van der Waals surface area contributed by atoms with E-state index in [4.69, 9.17) is 16.3 Å². The molecule has 1 aromatic rings. The molecule has 1 aromatic carbocycles. The first-order chi connectivity index (χ1) is 9.72. The average molecular weight is 297 g/mol. The molecule has 0 amide bonds. The number of morpholine rings is 1. The van der Waals surface area contributed by atoms with E-state index in [1.807, 2.05) is 6.07 Å². The Morgan fingerprint density at radius 1 is 1.25 bits per heavy atom. The number of hydrogen-bond donors (Lipinski definition) is 1. The van der Waals surface area contributed by atoms with E-state index < -0.39 is 0 Å². The maximum Gasteiger partial charge on any atom is 0.120 e. The number of aromatic hydroxyl groups is 1. The van der Waals surface area contributed by atoms with Crippen LogP contribution >= 0.6 is 11.6 Å². The van der Waals surface area contributed by atoms with Crippen molar-refractivity contribution in [3.63, 3.8) is 0 Å². The highest BCUT2D eigenvalue weighted by atomic mass is 35.5. The standard InChI is InChI=1S/C15H21ClN2O2/c16-13-1-2-15(19)12(9-13)10-17-4-3-14(11-17)18-5-7-20-8-6-18/h1-2,9,14,19H,3-8,10-11H2. The van der Waals surface area contributed by atoms with Gasteiger partial charge in [0.2, 0.25) is 0 Å². The van der Waals surface area contributed by atoms with Crippen LogP contribution in [0.1, 0.15) is 12.0 Å². The zero-order valence-corrected chi connectivity index (χ0v) is 12.4. The second kappa shape index (κ2) is 6.31. The molecule has 0 aliphatic carbocycles. The Hall–Kier alpha value is -0.810. The van der Waals surface area contributed by atoms with Gasteiger partial charge < -0.3 is 9.84 Å². The van der Waals surface area contributed by atoms with Gasteiger partial charge in [0.05, 0.1) is 13.2 Å². The van der Waals surface area contributed by atoms with Crippen molar-refractivity contribution in [1.29, 1.82) is 0 Å². The van der Waals surface area contributed by atoms with Crippen LogP contribution in [0.5, 0.6) is 5.75 Å². The van der Waals surface area contributed by atoms with Crippen LogP contribution in [-0.2, 0) is 11.3 Å². The van der Waals surface area contributed by atoms with Gasteiger partial charge in [-0.1, -0.05) is 11.6 Å². The summed E-state index contributed by atoms with van der Waals surface area (Å²) in [5.74, 6) is 0.337. The summed E-state index contributed by atoms with van der Waals surface area (Å²) >= 11 is 6.00. The molecule has 0 spiro atoms. The van der Waals surface area contributed by atoms with Crippen LogP contribution in [0.4, 0.5) is 0 Å². The monoisotopic (exact) mass is 296 g/mol. The van der Waals surface area contributed by atoms with Gasteiger partial charge in [0, 0.05) is 49.4 Å². The van der Waals surface area contributed by atoms with Crippen molar-refractivity contribution in [1.82, 2.24) is 9.80 Å². The van der Waals surface area contributed by atoms with Gasteiger partial charge >= 0.3 is 0 Å². The second-order valence-corrected chi connectivity index (χ2v) is 6.04. The molecular weight excluding hydrogens is 276 g/mol. The summed E-state index contributed by atoms with van der Waals surface area (Å²) in [6.45, 7) is 6.70. The smallest absolute Gasteiger partial charge is 0.120 e. The first-order valence-electron chi connectivity index (χ1n) is 7.24. The van der Waals surface area contributed by atoms with Gasteiger partial charge in [0.25, 0.3) is 0 Å². The van der Waals surface area contributed by atoms with Crippen LogP contribution in [-0.4, -0.2) is 60.3 Å². The lowest BCUT2D eigenvalue weighted by Crippen LogP contribution is -2.44. The number of phenolic OH excluding ortho intramolecular Hbond substituents is 1. The highest BCUT2D eigenvalue weighted by molar-refractivity contribution is 6.30. The Balaban J connectivity index is 1.58. The topological polar surface area (TPSA) is 35.9 Å². The number of halogens is 1. The maximum atomic E-state index is 9.90. The molecule has 110 valence electrons. The predicted octanol–water partition coefficient (Wildman–Crippen LogP) is 1.95. The molecule has 2 aliphatic heterocycles. The van der Waals surface area contributed by atoms with Gasteiger partial charge in [-0.05, 0) is 24.6 Å². The summed E-state index contributed by atoms with van der Waals surface area (Å²) in [4.78, 5) is 4.92. The fourth-order valence-electron chi connectivity index (χ4n) is 3.12. The van der Waals surface area contributed by atoms with Gasteiger partial charge in [-0.2, -0.15) is 0 Å². The Labute approximate surface area is 124 Å². The Morgan fingerprint density at radius 3 is 2.85 bits per heavy atom. The quantitative estimate of drug-likeness (QED) is 0.925. The first-order valence-corrected chi connectivity index (χ1v) is 7.62. The van der Waals surface area contributed by atoms with Crippen LogP contribution < -0.4 is 0 Å². The molecular formula is C15H21ClN2O2. The minimum Gasteiger partial charge on any atom is -0.508 e. The molecule has 5 heteroatoms. The van der Waals surface area contributed by atoms with Crippen molar-refractivity contribution in [3.05, 3.63) is 28.8 Å². The van der Waals surface area contributed by atoms with Crippen molar-refractivity contribution in [3.8, 4) is 5.75 Å². The number of nitrogens with zero attached hydrogens (tertiary/aromatic N) is 2. The number of ether oxygens (including phenoxy) is 1. The van der Waals surface area contributed by atoms with Gasteiger partial charge in [-0.15, -0.1) is 0 Å². The number of benzene rings is 1. The zero-order chi connectivity index (χ0) is 13.9. The highest BCUT2D eigenvalue weighted by Gasteiger charge is 2.28. The molecule has 1 atom stereocenters. The van der Waals surface area contributed by atoms with Gasteiger partial charge in [-0.3, -0.25) is 9.80 Å². The summed E-state index contributed by atoms with van der Waals surface area (Å²) in [5, 5.41) is 10.6. The minimum absolute atomic E-state index is 0.337. The molecule has 0 radical (unpaired) electrons. The Bertz CT molecular complexity index is 463. The third-order valence-corrected chi connectivity index (χ3v) is 4.48. The fourth-order valence-corrected chi connectivity index (χ4v) is 3.31. The number of phenols is 1. The lowest BCUT2D eigenvalue weighted by atomic mass is 10.2. The van der Waals surface area contributed by atoms with E-state index in [1.165, 1.54) is 6.42 Å². The van der Waals surface area contributed by atoms with Crippen LogP contribution in [0, 0.1) is 0 Å². The molecule has 0 saturated carbocycles. The Kier molecular flexibility index (Phi) is 4.46. The normalized spacial score (nSPS) is 25.1. The second-order valence-electron chi connectivity index (χ2n) is 5.60. The lowest BCUT2D eigenvalue weighted by Gasteiger charge is -2.32. The van der Waals surface area contributed by atoms with Crippen molar-refractivity contribution >= 4 is 11.6 Å². The van der Waals surface area contributed by atoms with E-state index in [2.05, 4.69) is 9.80 Å². The molecule has 1 unspecified atom stereocenters. The summed E-state index contributed by atoms with van der Waals surface area (Å²) in [6.07, 6.45) is 1.20. The van der Waals surface area contributed by atoms with Crippen LogP contribution in [0.3, 0.4) is 0 Å². The van der Waals surface area contributed by atoms with Crippen LogP contribution in [0.2, 0.25) is 5.02 Å². The lowest BCUT2D eigenvalue weighted by molar-refractivity contribution is 0.0183. The van der Waals surface area contributed by atoms with Gasteiger partial charge in [0.15, 0.2) is 0 Å². The third-order valence-electron chi connectivity index (χ3n) is 4.25. The van der Waals surface area contributed by atoms with E-state index in [9.17, 15) is 5.11 Å². The largest absolute Gasteiger partial charge is 0.508 e. The number of likely N-dealkylation sites (tertiary alicyclic amines) is 1. The van der Waals surface area contributed by atoms with Crippen molar-refractivity contribution in [2.24, 2.45) is 0 Å². The molecule has 2 fully saturated rings. The van der Waals surface area contributed by atoms with Gasteiger partial charge in [0.1, 0.15) is 5.75 Å². The summed E-state index contributed by atoms with van der Waals surface area (Å²) < 4.78 is 5.41. The SMILES string of the molecule is Oc1ccc(Cl)cc1CN1CCC(N2CCOCC2)C1. The highest BCUT2D eigenvalue weighted by Crippen LogP contribution is 2.25. The third kappa shape index (κ3) is 3.26. The minimum atomic E-state index is 0.337. The van der Waals surface area contributed by atoms with E-state index in [-0.39, 0.29) is 0 Å². The van der Waals surface area contributed by atoms with E-state index in [0.29, 0.717) is 16.8 Å². The zero-order valence-electron chi connectivity index (χ0n) is 11.6. The fraction of sp³-hybridized carbons (Fsp3) is 0.600. The molecule has 20 heavy (non-hydrogen) atoms. The van der Waals surface area contributed by atoms with E-state index in [1.54, 1.807) is 12.1 Å². The molecule has 4 nitrogen and oxygen atoms in total. The van der Waals surface area contributed by atoms with Crippen molar-refractivity contribution in [2.75, 3.05) is 39.4 Å². The Morgan fingerprint density at radius 2 is 2.05 bits per heavy atom. The number of rotatable bonds is 3. The molecule has 1 N–H and O–H groups in total. The van der Waals surface area contributed by atoms with E-state index >= 15 is 0 Å². The summed E-state index contributed by atoms with van der Waals surface area (Å²) in [5.41, 5.74) is 0.917. The van der Waals surface area contributed by atoms with Crippen molar-refractivity contribution < 1.29 is 9.84 Å².